The van der Waals surface area contributed by atoms with Crippen molar-refractivity contribution in [3.05, 3.63) is 23.8 Å². The summed E-state index contributed by atoms with van der Waals surface area (Å²) in [5, 5.41) is 3.25. The molecule has 1 aromatic carbocycles. The zero-order valence-corrected chi connectivity index (χ0v) is 16.5. The van der Waals surface area contributed by atoms with Gasteiger partial charge < -0.3 is 10.1 Å². The number of hydrogen-bond acceptors (Lipinski definition) is 4. The second kappa shape index (κ2) is 9.04. The number of aryl methyl sites for hydroxylation is 1. The number of rotatable bonds is 7. The first-order valence-electron chi connectivity index (χ1n) is 8.36. The molecule has 138 valence electrons. The van der Waals surface area contributed by atoms with E-state index in [0.29, 0.717) is 11.4 Å². The van der Waals surface area contributed by atoms with Gasteiger partial charge in [-0.1, -0.05) is 6.92 Å². The van der Waals surface area contributed by atoms with E-state index in [1.807, 2.05) is 27.7 Å². The Hall–Kier alpha value is -0.820. The summed E-state index contributed by atoms with van der Waals surface area (Å²) >= 11 is 0. The number of halogens is 1. The van der Waals surface area contributed by atoms with Gasteiger partial charge in [0, 0.05) is 19.1 Å². The second-order valence-corrected chi connectivity index (χ2v) is 8.25. The SMILES string of the molecule is CCCN(C1CCNC1)S(=O)(=O)c1ccc(OC(C)C)c(C)c1.Cl. The highest BCUT2D eigenvalue weighted by molar-refractivity contribution is 7.89. The summed E-state index contributed by atoms with van der Waals surface area (Å²) in [5.41, 5.74) is 0.848. The maximum Gasteiger partial charge on any atom is 0.243 e. The molecule has 1 unspecified atom stereocenters. The molecule has 1 aliphatic heterocycles. The monoisotopic (exact) mass is 376 g/mol. The fraction of sp³-hybridized carbons (Fsp3) is 0.647. The summed E-state index contributed by atoms with van der Waals surface area (Å²) in [6.07, 6.45) is 1.74. The summed E-state index contributed by atoms with van der Waals surface area (Å²) in [4.78, 5) is 0.353. The molecule has 0 radical (unpaired) electrons. The average Bonchev–Trinajstić information content (AvgIpc) is 3.00. The number of hydrogen-bond donors (Lipinski definition) is 1. The Morgan fingerprint density at radius 1 is 1.38 bits per heavy atom. The van der Waals surface area contributed by atoms with Gasteiger partial charge in [0.2, 0.25) is 10.0 Å². The Bertz CT molecular complexity index is 629. The zero-order chi connectivity index (χ0) is 17.0. The lowest BCUT2D eigenvalue weighted by Gasteiger charge is -2.27. The fourth-order valence-electron chi connectivity index (χ4n) is 2.91. The Kier molecular flexibility index (Phi) is 7.99. The molecule has 1 aromatic rings. The molecule has 0 amide bonds. The molecule has 2 rings (SSSR count). The maximum absolute atomic E-state index is 13.1. The van der Waals surface area contributed by atoms with Crippen LogP contribution in [0.25, 0.3) is 0 Å². The minimum atomic E-state index is -3.48. The Labute approximate surface area is 152 Å². The molecule has 24 heavy (non-hydrogen) atoms. The number of sulfonamides is 1. The lowest BCUT2D eigenvalue weighted by atomic mass is 10.2. The molecule has 7 heteroatoms. The number of ether oxygens (including phenoxy) is 1. The van der Waals surface area contributed by atoms with Crippen molar-refractivity contribution in [3.63, 3.8) is 0 Å². The van der Waals surface area contributed by atoms with Gasteiger partial charge in [-0.3, -0.25) is 0 Å². The third-order valence-electron chi connectivity index (χ3n) is 4.00. The van der Waals surface area contributed by atoms with E-state index in [0.717, 1.165) is 37.2 Å². The summed E-state index contributed by atoms with van der Waals surface area (Å²) < 4.78 is 33.5. The van der Waals surface area contributed by atoms with Crippen molar-refractivity contribution in [1.29, 1.82) is 0 Å². The van der Waals surface area contributed by atoms with Gasteiger partial charge in [-0.15, -0.1) is 12.4 Å². The van der Waals surface area contributed by atoms with Gasteiger partial charge in [-0.05, 0) is 63.9 Å². The van der Waals surface area contributed by atoms with Crippen LogP contribution in [0.1, 0.15) is 39.2 Å². The van der Waals surface area contributed by atoms with E-state index in [4.69, 9.17) is 4.74 Å². The lowest BCUT2D eigenvalue weighted by Crippen LogP contribution is -2.42. The van der Waals surface area contributed by atoms with Crippen LogP contribution >= 0.6 is 12.4 Å². The summed E-state index contributed by atoms with van der Waals surface area (Å²) in [7, 11) is -3.48. The van der Waals surface area contributed by atoms with Gasteiger partial charge >= 0.3 is 0 Å². The van der Waals surface area contributed by atoms with Crippen LogP contribution in [0.15, 0.2) is 23.1 Å². The zero-order valence-electron chi connectivity index (χ0n) is 14.9. The normalized spacial score (nSPS) is 18.0. The van der Waals surface area contributed by atoms with Gasteiger partial charge in [0.15, 0.2) is 0 Å². The maximum atomic E-state index is 13.1. The number of benzene rings is 1. The quantitative estimate of drug-likeness (QED) is 0.794. The van der Waals surface area contributed by atoms with E-state index in [2.05, 4.69) is 5.32 Å². The van der Waals surface area contributed by atoms with Crippen molar-refractivity contribution in [2.24, 2.45) is 0 Å². The molecule has 0 saturated carbocycles. The minimum absolute atomic E-state index is 0. The van der Waals surface area contributed by atoms with Crippen LogP contribution in [0.5, 0.6) is 5.75 Å². The highest BCUT2D eigenvalue weighted by atomic mass is 35.5. The summed E-state index contributed by atoms with van der Waals surface area (Å²) in [6, 6.07) is 5.19. The van der Waals surface area contributed by atoms with Crippen molar-refractivity contribution < 1.29 is 13.2 Å². The first-order chi connectivity index (χ1) is 10.9. The van der Waals surface area contributed by atoms with E-state index in [9.17, 15) is 8.42 Å². The van der Waals surface area contributed by atoms with Crippen LogP contribution in [-0.2, 0) is 10.0 Å². The standard InChI is InChI=1S/C17H28N2O3S.ClH/c1-5-10-19(15-8-9-18-12-15)23(20,21)16-6-7-17(14(4)11-16)22-13(2)3;/h6-7,11,13,15,18H,5,8-10,12H2,1-4H3;1H. The number of nitrogens with one attached hydrogen (secondary N) is 1. The Balaban J connectivity index is 0.00000288. The van der Waals surface area contributed by atoms with Crippen LogP contribution in [0, 0.1) is 6.92 Å². The van der Waals surface area contributed by atoms with Crippen LogP contribution in [0.2, 0.25) is 0 Å². The van der Waals surface area contributed by atoms with Crippen LogP contribution in [0.4, 0.5) is 0 Å². The van der Waals surface area contributed by atoms with Crippen LogP contribution in [0.3, 0.4) is 0 Å². The predicted molar refractivity (Wildman–Crippen MR) is 99.6 cm³/mol. The first-order valence-corrected chi connectivity index (χ1v) is 9.80. The largest absolute Gasteiger partial charge is 0.491 e. The molecule has 1 aliphatic rings. The molecular weight excluding hydrogens is 348 g/mol. The molecule has 0 aliphatic carbocycles. The van der Waals surface area contributed by atoms with Crippen LogP contribution in [-0.4, -0.2) is 44.5 Å². The highest BCUT2D eigenvalue weighted by Crippen LogP contribution is 2.27. The van der Waals surface area contributed by atoms with Gasteiger partial charge in [0.1, 0.15) is 5.75 Å². The van der Waals surface area contributed by atoms with Crippen molar-refractivity contribution in [2.45, 2.75) is 57.6 Å². The first kappa shape index (κ1) is 21.2. The molecule has 1 N–H and O–H groups in total. The minimum Gasteiger partial charge on any atom is -0.491 e. The predicted octanol–water partition coefficient (Wildman–Crippen LogP) is 2.97. The third-order valence-corrected chi connectivity index (χ3v) is 5.95. The van der Waals surface area contributed by atoms with E-state index in [-0.39, 0.29) is 24.6 Å². The van der Waals surface area contributed by atoms with E-state index in [1.165, 1.54) is 0 Å². The molecule has 0 bridgehead atoms. The molecule has 1 heterocycles. The molecule has 0 spiro atoms. The summed E-state index contributed by atoms with van der Waals surface area (Å²) in [5.74, 6) is 0.739. The molecule has 1 saturated heterocycles. The van der Waals surface area contributed by atoms with Crippen LogP contribution < -0.4 is 10.1 Å². The topological polar surface area (TPSA) is 58.6 Å². The molecule has 5 nitrogen and oxygen atoms in total. The smallest absolute Gasteiger partial charge is 0.243 e. The molecule has 1 fully saturated rings. The fourth-order valence-corrected chi connectivity index (χ4v) is 4.74. The molecule has 0 aromatic heterocycles. The van der Waals surface area contributed by atoms with Gasteiger partial charge in [-0.25, -0.2) is 8.42 Å². The van der Waals surface area contributed by atoms with Crippen molar-refractivity contribution in [1.82, 2.24) is 9.62 Å². The lowest BCUT2D eigenvalue weighted by molar-refractivity contribution is 0.240. The van der Waals surface area contributed by atoms with E-state index < -0.39 is 10.0 Å². The Morgan fingerprint density at radius 2 is 2.08 bits per heavy atom. The third kappa shape index (κ3) is 4.85. The van der Waals surface area contributed by atoms with Crippen molar-refractivity contribution >= 4 is 22.4 Å². The van der Waals surface area contributed by atoms with Crippen molar-refractivity contribution in [2.75, 3.05) is 19.6 Å². The van der Waals surface area contributed by atoms with E-state index in [1.54, 1.807) is 22.5 Å². The molecule has 1 atom stereocenters. The molecular formula is C17H29ClN2O3S. The second-order valence-electron chi connectivity index (χ2n) is 6.36. The van der Waals surface area contributed by atoms with Crippen molar-refractivity contribution in [3.8, 4) is 5.75 Å². The summed E-state index contributed by atoms with van der Waals surface area (Å²) in [6.45, 7) is 9.97. The van der Waals surface area contributed by atoms with Gasteiger partial charge in [0.25, 0.3) is 0 Å². The highest BCUT2D eigenvalue weighted by Gasteiger charge is 2.32. The van der Waals surface area contributed by atoms with Gasteiger partial charge in [0.05, 0.1) is 11.0 Å². The number of nitrogens with zero attached hydrogens (tertiary/aromatic N) is 1. The van der Waals surface area contributed by atoms with E-state index >= 15 is 0 Å². The average molecular weight is 377 g/mol. The Morgan fingerprint density at radius 3 is 2.58 bits per heavy atom. The van der Waals surface area contributed by atoms with Gasteiger partial charge in [-0.2, -0.15) is 4.31 Å².